The number of nitrogen functional groups attached to an aromatic ring is 1. The second-order valence-corrected chi connectivity index (χ2v) is 4.16. The third-order valence-electron chi connectivity index (χ3n) is 2.22. The highest BCUT2D eigenvalue weighted by Crippen LogP contribution is 2.13. The summed E-state index contributed by atoms with van der Waals surface area (Å²) in [7, 11) is 0. The predicted octanol–water partition coefficient (Wildman–Crippen LogP) is -0.213. The summed E-state index contributed by atoms with van der Waals surface area (Å²) in [6, 6.07) is 0. The van der Waals surface area contributed by atoms with E-state index in [1.54, 1.807) is 0 Å². The van der Waals surface area contributed by atoms with E-state index in [0.29, 0.717) is 5.82 Å². The topological polar surface area (TPSA) is 124 Å². The van der Waals surface area contributed by atoms with Gasteiger partial charge in [-0.2, -0.15) is 0 Å². The van der Waals surface area contributed by atoms with Crippen molar-refractivity contribution < 1.29 is 9.59 Å². The lowest BCUT2D eigenvalue weighted by Gasteiger charge is -2.09. The molecule has 2 amide bonds. The van der Waals surface area contributed by atoms with Gasteiger partial charge in [-0.05, 0) is 0 Å². The van der Waals surface area contributed by atoms with Gasteiger partial charge in [-0.1, -0.05) is 13.8 Å². The lowest BCUT2D eigenvalue weighted by molar-refractivity contribution is -0.117. The minimum atomic E-state index is -0.478. The number of anilines is 1. The molecule has 5 N–H and O–H groups in total. The molecule has 0 aliphatic carbocycles. The standard InChI is InChI=1S/C11H17N5O2/c1-6(2)10-15-5-7(12)9(16-10)11(18)14-4-3-8(13)17/h5-6H,3-4,12H2,1-2H3,(H2,13,17)(H,14,18). The molecule has 0 saturated carbocycles. The molecule has 1 aromatic rings. The molecule has 0 unspecified atom stereocenters. The van der Waals surface area contributed by atoms with Gasteiger partial charge in [0.1, 0.15) is 5.82 Å². The summed E-state index contributed by atoms with van der Waals surface area (Å²) in [6.07, 6.45) is 1.49. The van der Waals surface area contributed by atoms with Gasteiger partial charge in [0.2, 0.25) is 5.91 Å². The zero-order valence-corrected chi connectivity index (χ0v) is 10.4. The number of rotatable bonds is 5. The van der Waals surface area contributed by atoms with Crippen LogP contribution in [0.3, 0.4) is 0 Å². The minimum Gasteiger partial charge on any atom is -0.396 e. The zero-order chi connectivity index (χ0) is 13.7. The first-order valence-electron chi connectivity index (χ1n) is 5.60. The van der Waals surface area contributed by atoms with Crippen molar-refractivity contribution in [2.24, 2.45) is 5.73 Å². The number of amides is 2. The van der Waals surface area contributed by atoms with Crippen molar-refractivity contribution in [2.45, 2.75) is 26.2 Å². The van der Waals surface area contributed by atoms with Gasteiger partial charge in [-0.15, -0.1) is 0 Å². The van der Waals surface area contributed by atoms with E-state index in [0.717, 1.165) is 0 Å². The number of carbonyl (C=O) groups is 2. The lowest BCUT2D eigenvalue weighted by Crippen LogP contribution is -2.29. The summed E-state index contributed by atoms with van der Waals surface area (Å²) in [4.78, 5) is 30.5. The second-order valence-electron chi connectivity index (χ2n) is 4.16. The van der Waals surface area contributed by atoms with Crippen molar-refractivity contribution in [2.75, 3.05) is 12.3 Å². The molecule has 0 bridgehead atoms. The van der Waals surface area contributed by atoms with E-state index in [4.69, 9.17) is 11.5 Å². The molecule has 1 rings (SSSR count). The third-order valence-corrected chi connectivity index (χ3v) is 2.22. The molecule has 0 aliphatic heterocycles. The van der Waals surface area contributed by atoms with E-state index in [9.17, 15) is 9.59 Å². The number of nitrogens with one attached hydrogen (secondary N) is 1. The van der Waals surface area contributed by atoms with Crippen LogP contribution in [0.1, 0.15) is 42.5 Å². The highest BCUT2D eigenvalue weighted by atomic mass is 16.2. The van der Waals surface area contributed by atoms with Gasteiger partial charge in [0.15, 0.2) is 5.69 Å². The highest BCUT2D eigenvalue weighted by molar-refractivity contribution is 5.97. The number of primary amides is 1. The highest BCUT2D eigenvalue weighted by Gasteiger charge is 2.14. The molecule has 0 radical (unpaired) electrons. The first kappa shape index (κ1) is 13.9. The molecule has 0 aromatic carbocycles. The summed E-state index contributed by atoms with van der Waals surface area (Å²) in [6.45, 7) is 4.00. The number of hydrogen-bond acceptors (Lipinski definition) is 5. The smallest absolute Gasteiger partial charge is 0.272 e. The molecule has 0 spiro atoms. The van der Waals surface area contributed by atoms with E-state index < -0.39 is 11.8 Å². The van der Waals surface area contributed by atoms with Gasteiger partial charge in [0, 0.05) is 18.9 Å². The number of carbonyl (C=O) groups excluding carboxylic acids is 2. The molecular formula is C11H17N5O2. The third kappa shape index (κ3) is 3.69. The van der Waals surface area contributed by atoms with Gasteiger partial charge in [-0.3, -0.25) is 9.59 Å². The number of aromatic nitrogens is 2. The Kier molecular flexibility index (Phi) is 4.59. The van der Waals surface area contributed by atoms with Crippen LogP contribution in [-0.2, 0) is 4.79 Å². The van der Waals surface area contributed by atoms with Gasteiger partial charge in [0.25, 0.3) is 5.91 Å². The van der Waals surface area contributed by atoms with Crippen LogP contribution < -0.4 is 16.8 Å². The van der Waals surface area contributed by atoms with Crippen LogP contribution in [0.15, 0.2) is 6.20 Å². The van der Waals surface area contributed by atoms with Crippen LogP contribution in [0.4, 0.5) is 5.69 Å². The molecule has 0 saturated heterocycles. The van der Waals surface area contributed by atoms with Crippen LogP contribution >= 0.6 is 0 Å². The second kappa shape index (κ2) is 5.95. The summed E-state index contributed by atoms with van der Waals surface area (Å²) in [5.41, 5.74) is 10.9. The van der Waals surface area contributed by atoms with Crippen molar-refractivity contribution in [3.63, 3.8) is 0 Å². The Labute approximate surface area is 105 Å². The number of nitrogens with two attached hydrogens (primary N) is 2. The molecule has 0 fully saturated rings. The van der Waals surface area contributed by atoms with E-state index in [2.05, 4.69) is 15.3 Å². The van der Waals surface area contributed by atoms with Gasteiger partial charge < -0.3 is 16.8 Å². The number of nitrogens with zero attached hydrogens (tertiary/aromatic N) is 2. The summed E-state index contributed by atoms with van der Waals surface area (Å²) < 4.78 is 0. The fourth-order valence-electron chi connectivity index (χ4n) is 1.25. The molecule has 1 heterocycles. The van der Waals surface area contributed by atoms with Gasteiger partial charge in [-0.25, -0.2) is 9.97 Å². The normalized spacial score (nSPS) is 10.4. The van der Waals surface area contributed by atoms with Crippen LogP contribution in [0.2, 0.25) is 0 Å². The maximum absolute atomic E-state index is 11.8. The van der Waals surface area contributed by atoms with Crippen molar-refractivity contribution >= 4 is 17.5 Å². The van der Waals surface area contributed by atoms with Gasteiger partial charge in [0.05, 0.1) is 11.9 Å². The Morgan fingerprint density at radius 2 is 2.11 bits per heavy atom. The van der Waals surface area contributed by atoms with E-state index >= 15 is 0 Å². The summed E-state index contributed by atoms with van der Waals surface area (Å²) in [5, 5.41) is 2.53. The molecule has 7 heteroatoms. The van der Waals surface area contributed by atoms with E-state index in [1.807, 2.05) is 13.8 Å². The van der Waals surface area contributed by atoms with Crippen molar-refractivity contribution in [3.05, 3.63) is 17.7 Å². The van der Waals surface area contributed by atoms with Gasteiger partial charge >= 0.3 is 0 Å². The van der Waals surface area contributed by atoms with Crippen LogP contribution in [0, 0.1) is 0 Å². The Bertz CT molecular complexity index is 459. The van der Waals surface area contributed by atoms with E-state index in [1.165, 1.54) is 6.20 Å². The van der Waals surface area contributed by atoms with Crippen molar-refractivity contribution in [1.29, 1.82) is 0 Å². The maximum Gasteiger partial charge on any atom is 0.272 e. The van der Waals surface area contributed by atoms with Crippen molar-refractivity contribution in [3.8, 4) is 0 Å². The fourth-order valence-corrected chi connectivity index (χ4v) is 1.25. The van der Waals surface area contributed by atoms with Crippen molar-refractivity contribution in [1.82, 2.24) is 15.3 Å². The Balaban J connectivity index is 2.78. The summed E-state index contributed by atoms with van der Waals surface area (Å²) >= 11 is 0. The Morgan fingerprint density at radius 1 is 1.44 bits per heavy atom. The molecule has 1 aromatic heterocycles. The average Bonchev–Trinajstić information content (AvgIpc) is 2.28. The fraction of sp³-hybridized carbons (Fsp3) is 0.455. The predicted molar refractivity (Wildman–Crippen MR) is 66.7 cm³/mol. The molecule has 7 nitrogen and oxygen atoms in total. The first-order valence-corrected chi connectivity index (χ1v) is 5.60. The summed E-state index contributed by atoms with van der Waals surface area (Å²) in [5.74, 6) is -0.265. The maximum atomic E-state index is 11.8. The average molecular weight is 251 g/mol. The van der Waals surface area contributed by atoms with Crippen LogP contribution in [-0.4, -0.2) is 28.3 Å². The Morgan fingerprint density at radius 3 is 2.67 bits per heavy atom. The molecule has 0 atom stereocenters. The first-order chi connectivity index (χ1) is 8.41. The van der Waals surface area contributed by atoms with E-state index in [-0.39, 0.29) is 30.3 Å². The SMILES string of the molecule is CC(C)c1ncc(N)c(C(=O)NCCC(N)=O)n1. The quantitative estimate of drug-likeness (QED) is 0.667. The Hall–Kier alpha value is -2.18. The van der Waals surface area contributed by atoms with Crippen LogP contribution in [0.5, 0.6) is 0 Å². The van der Waals surface area contributed by atoms with Crippen LogP contribution in [0.25, 0.3) is 0 Å². The molecule has 18 heavy (non-hydrogen) atoms. The largest absolute Gasteiger partial charge is 0.396 e. The lowest BCUT2D eigenvalue weighted by atomic mass is 10.2. The minimum absolute atomic E-state index is 0.0771. The molecule has 0 aliphatic rings. The number of hydrogen-bond donors (Lipinski definition) is 3. The molecule has 98 valence electrons. The molecular weight excluding hydrogens is 234 g/mol. The monoisotopic (exact) mass is 251 g/mol. The zero-order valence-electron chi connectivity index (χ0n) is 10.4.